The highest BCUT2D eigenvalue weighted by Crippen LogP contribution is 2.31. The minimum Gasteiger partial charge on any atom is -0.441 e. The molecular weight excluding hydrogens is 374 g/mol. The lowest BCUT2D eigenvalue weighted by molar-refractivity contribution is -0.121. The molecule has 1 aliphatic rings. The number of hydrogen-bond acceptors (Lipinski definition) is 7. The van der Waals surface area contributed by atoms with Crippen molar-refractivity contribution < 1.29 is 17.6 Å². The second-order valence-electron chi connectivity index (χ2n) is 5.29. The number of oxazole rings is 1. The van der Waals surface area contributed by atoms with Gasteiger partial charge in [0, 0.05) is 20.0 Å². The van der Waals surface area contributed by atoms with E-state index in [-0.39, 0.29) is 16.7 Å². The lowest BCUT2D eigenvalue weighted by Gasteiger charge is -2.22. The maximum atomic E-state index is 12.0. The fourth-order valence-corrected chi connectivity index (χ4v) is 3.29. The molecule has 2 N–H and O–H groups in total. The van der Waals surface area contributed by atoms with Gasteiger partial charge in [0.25, 0.3) is 5.91 Å². The van der Waals surface area contributed by atoms with Crippen LogP contribution in [0.1, 0.15) is 18.6 Å². The zero-order valence-electron chi connectivity index (χ0n) is 13.1. The number of rotatable bonds is 6. The molecule has 0 saturated heterocycles. The normalized spacial score (nSPS) is 14.1. The Hall–Kier alpha value is -1.63. The number of aromatic nitrogens is 1. The van der Waals surface area contributed by atoms with Crippen LogP contribution < -0.4 is 10.3 Å². The first kappa shape index (κ1) is 18.7. The first-order valence-corrected chi connectivity index (χ1v) is 9.40. The molecule has 2 rings (SSSR count). The summed E-state index contributed by atoms with van der Waals surface area (Å²) in [4.78, 5) is 18.6. The van der Waals surface area contributed by atoms with E-state index in [4.69, 9.17) is 28.9 Å². The third kappa shape index (κ3) is 5.19. The quantitative estimate of drug-likeness (QED) is 0.504. The molecule has 1 aromatic heterocycles. The van der Waals surface area contributed by atoms with Crippen molar-refractivity contribution in [1.82, 2.24) is 25.3 Å². The fraction of sp³-hybridized carbons (Fsp3) is 0.500. The van der Waals surface area contributed by atoms with Gasteiger partial charge in [0.2, 0.25) is 10.0 Å². The molecule has 0 bridgehead atoms. The van der Waals surface area contributed by atoms with Gasteiger partial charge in [-0.25, -0.2) is 13.4 Å². The van der Waals surface area contributed by atoms with E-state index in [0.29, 0.717) is 4.99 Å². The molecule has 9 nitrogen and oxygen atoms in total. The van der Waals surface area contributed by atoms with Gasteiger partial charge in [-0.05, 0) is 12.8 Å². The molecule has 1 aromatic rings. The number of hydrogen-bond donors (Lipinski definition) is 2. The fourth-order valence-electron chi connectivity index (χ4n) is 1.82. The lowest BCUT2D eigenvalue weighted by Crippen LogP contribution is -2.49. The topological polar surface area (TPSA) is 108 Å². The van der Waals surface area contributed by atoms with Gasteiger partial charge in [0.15, 0.2) is 17.1 Å². The van der Waals surface area contributed by atoms with E-state index in [0.717, 1.165) is 12.8 Å². The van der Waals surface area contributed by atoms with Crippen LogP contribution in [0.2, 0.25) is 0 Å². The summed E-state index contributed by atoms with van der Waals surface area (Å²) in [5, 5.41) is 2.45. The molecule has 1 heterocycles. The van der Waals surface area contributed by atoms with Crippen molar-refractivity contribution in [2.24, 2.45) is 5.92 Å². The first-order valence-electron chi connectivity index (χ1n) is 6.93. The Kier molecular flexibility index (Phi) is 5.85. The van der Waals surface area contributed by atoms with Crippen LogP contribution in [0.25, 0.3) is 0 Å². The Balaban J connectivity index is 1.85. The molecule has 24 heavy (non-hydrogen) atoms. The third-order valence-electron chi connectivity index (χ3n) is 3.09. The predicted octanol–water partition coefficient (Wildman–Crippen LogP) is -0.183. The second-order valence-corrected chi connectivity index (χ2v) is 7.79. The summed E-state index contributed by atoms with van der Waals surface area (Å²) in [5.41, 5.74) is 2.36. The Bertz CT molecular complexity index is 730. The summed E-state index contributed by atoms with van der Waals surface area (Å²) in [6, 6.07) is 0. The number of hydrazine groups is 2. The van der Waals surface area contributed by atoms with Gasteiger partial charge in [0.1, 0.15) is 5.75 Å². The Morgan fingerprint density at radius 2 is 2.04 bits per heavy atom. The van der Waals surface area contributed by atoms with Crippen molar-refractivity contribution in [2.75, 3.05) is 19.8 Å². The summed E-state index contributed by atoms with van der Waals surface area (Å²) in [6.07, 6.45) is 4.49. The average molecular weight is 392 g/mol. The number of carbonyl (C=O) groups excluding carboxylic acids is 1. The maximum absolute atomic E-state index is 12.0. The van der Waals surface area contributed by atoms with Crippen LogP contribution >= 0.6 is 24.4 Å². The average Bonchev–Trinajstić information content (AvgIpc) is 3.18. The van der Waals surface area contributed by atoms with Crippen LogP contribution in [0.15, 0.2) is 17.0 Å². The van der Waals surface area contributed by atoms with Gasteiger partial charge in [-0.2, -0.15) is 0 Å². The second kappa shape index (κ2) is 7.51. The standard InChI is InChI=1S/C12H17N5O4S3/c1-16(12(23)9-5-13-7-21-9)14-10(18)6-24(19,20)15-17(2)11(22)8-3-4-8/h5,7-8,15H,3-4,6H2,1-2H3,(H,14,18). The Morgan fingerprint density at radius 1 is 1.38 bits per heavy atom. The molecule has 1 fully saturated rings. The van der Waals surface area contributed by atoms with E-state index in [9.17, 15) is 13.2 Å². The minimum atomic E-state index is -3.89. The highest BCUT2D eigenvalue weighted by atomic mass is 32.2. The number of nitrogens with zero attached hydrogens (tertiary/aromatic N) is 3. The van der Waals surface area contributed by atoms with Gasteiger partial charge in [-0.15, -0.1) is 4.83 Å². The van der Waals surface area contributed by atoms with E-state index in [2.05, 4.69) is 15.2 Å². The molecule has 132 valence electrons. The van der Waals surface area contributed by atoms with Gasteiger partial charge < -0.3 is 4.42 Å². The number of nitrogens with one attached hydrogen (secondary N) is 2. The van der Waals surface area contributed by atoms with Gasteiger partial charge in [-0.1, -0.05) is 24.4 Å². The predicted molar refractivity (Wildman–Crippen MR) is 94.1 cm³/mol. The van der Waals surface area contributed by atoms with Gasteiger partial charge in [0.05, 0.1) is 11.2 Å². The summed E-state index contributed by atoms with van der Waals surface area (Å²) in [7, 11) is -0.901. The number of thiocarbonyl (C=S) groups is 2. The zero-order valence-corrected chi connectivity index (χ0v) is 15.5. The van der Waals surface area contributed by atoms with Crippen molar-refractivity contribution in [3.63, 3.8) is 0 Å². The molecule has 0 spiro atoms. The summed E-state index contributed by atoms with van der Waals surface area (Å²) in [6.45, 7) is 0. The highest BCUT2D eigenvalue weighted by molar-refractivity contribution is 7.90. The number of carbonyl (C=O) groups is 1. The summed E-state index contributed by atoms with van der Waals surface area (Å²) >= 11 is 10.2. The van der Waals surface area contributed by atoms with Crippen molar-refractivity contribution in [3.8, 4) is 0 Å². The molecular formula is C12H17N5O4S3. The summed E-state index contributed by atoms with van der Waals surface area (Å²) in [5.74, 6) is -1.01. The van der Waals surface area contributed by atoms with E-state index in [1.54, 1.807) is 0 Å². The van der Waals surface area contributed by atoms with E-state index >= 15 is 0 Å². The first-order chi connectivity index (χ1) is 11.2. The van der Waals surface area contributed by atoms with Crippen LogP contribution in [0.3, 0.4) is 0 Å². The molecule has 1 saturated carbocycles. The third-order valence-corrected chi connectivity index (χ3v) is 5.37. The number of sulfonamides is 1. The van der Waals surface area contributed by atoms with Crippen LogP contribution in [-0.2, 0) is 14.8 Å². The molecule has 1 amide bonds. The Labute approximate surface area is 150 Å². The van der Waals surface area contributed by atoms with Crippen LogP contribution in [0, 0.1) is 5.92 Å². The summed E-state index contributed by atoms with van der Waals surface area (Å²) < 4.78 is 29.1. The zero-order chi connectivity index (χ0) is 17.9. The van der Waals surface area contributed by atoms with E-state index < -0.39 is 21.7 Å². The monoisotopic (exact) mass is 391 g/mol. The highest BCUT2D eigenvalue weighted by Gasteiger charge is 2.30. The largest absolute Gasteiger partial charge is 0.441 e. The molecule has 0 atom stereocenters. The van der Waals surface area contributed by atoms with Crippen LogP contribution in [0.5, 0.6) is 0 Å². The van der Waals surface area contributed by atoms with E-state index in [1.165, 1.54) is 36.7 Å². The SMILES string of the molecule is CN(NC(=O)CS(=O)(=O)NN(C)C(=S)C1CC1)C(=S)c1cnco1. The molecule has 12 heteroatoms. The molecule has 0 unspecified atom stereocenters. The van der Waals surface area contributed by atoms with Crippen molar-refractivity contribution in [3.05, 3.63) is 18.4 Å². The van der Waals surface area contributed by atoms with Gasteiger partial charge in [-0.3, -0.25) is 20.2 Å². The molecule has 0 radical (unpaired) electrons. The number of amides is 1. The van der Waals surface area contributed by atoms with E-state index in [1.807, 2.05) is 0 Å². The van der Waals surface area contributed by atoms with Crippen LogP contribution in [0.4, 0.5) is 0 Å². The molecule has 0 aliphatic heterocycles. The van der Waals surface area contributed by atoms with Gasteiger partial charge >= 0.3 is 0 Å². The minimum absolute atomic E-state index is 0.165. The van der Waals surface area contributed by atoms with Crippen LogP contribution in [-0.4, -0.2) is 59.2 Å². The Morgan fingerprint density at radius 3 is 2.58 bits per heavy atom. The lowest BCUT2D eigenvalue weighted by atomic mass is 10.4. The van der Waals surface area contributed by atoms with Crippen molar-refractivity contribution in [2.45, 2.75) is 12.8 Å². The van der Waals surface area contributed by atoms with Crippen molar-refractivity contribution in [1.29, 1.82) is 0 Å². The maximum Gasteiger partial charge on any atom is 0.255 e. The smallest absolute Gasteiger partial charge is 0.255 e. The molecule has 0 aromatic carbocycles. The van der Waals surface area contributed by atoms with Crippen molar-refractivity contribution >= 4 is 50.3 Å². The molecule has 1 aliphatic carbocycles.